The van der Waals surface area contributed by atoms with Crippen molar-refractivity contribution in [2.75, 3.05) is 5.33 Å². The summed E-state index contributed by atoms with van der Waals surface area (Å²) in [7, 11) is 0. The predicted molar refractivity (Wildman–Crippen MR) is 70.8 cm³/mol. The molecule has 1 fully saturated rings. The molecule has 0 aliphatic heterocycles. The molecule has 0 heterocycles. The number of fused-ring (bicyclic) bond motifs is 1. The number of ketones is 1. The highest BCUT2D eigenvalue weighted by Gasteiger charge is 2.58. The van der Waals surface area contributed by atoms with Gasteiger partial charge in [0.1, 0.15) is 5.78 Å². The summed E-state index contributed by atoms with van der Waals surface area (Å²) in [6, 6.07) is 0. The number of alkyl halides is 1. The third kappa shape index (κ3) is 1.45. The van der Waals surface area contributed by atoms with E-state index in [1.54, 1.807) is 0 Å². The van der Waals surface area contributed by atoms with Gasteiger partial charge in [-0.2, -0.15) is 0 Å². The van der Waals surface area contributed by atoms with E-state index in [0.29, 0.717) is 5.78 Å². The number of hydrogen-bond donors (Lipinski definition) is 0. The van der Waals surface area contributed by atoms with Crippen LogP contribution in [0.3, 0.4) is 0 Å². The first-order valence-electron chi connectivity index (χ1n) is 6.24. The van der Waals surface area contributed by atoms with Gasteiger partial charge in [-0.3, -0.25) is 4.79 Å². The summed E-state index contributed by atoms with van der Waals surface area (Å²) in [4.78, 5) is 12.2. The Kier molecular flexibility index (Phi) is 3.07. The van der Waals surface area contributed by atoms with Crippen molar-refractivity contribution in [3.05, 3.63) is 11.1 Å². The van der Waals surface area contributed by atoms with Crippen LogP contribution in [0, 0.1) is 10.8 Å². The summed E-state index contributed by atoms with van der Waals surface area (Å²) in [6.07, 6.45) is 5.46. The molecule has 1 saturated carbocycles. The zero-order valence-electron chi connectivity index (χ0n) is 10.5. The van der Waals surface area contributed by atoms with Gasteiger partial charge in [0.25, 0.3) is 0 Å². The lowest BCUT2D eigenvalue weighted by atomic mass is 9.63. The van der Waals surface area contributed by atoms with E-state index in [4.69, 9.17) is 0 Å². The van der Waals surface area contributed by atoms with Gasteiger partial charge in [0.2, 0.25) is 0 Å². The van der Waals surface area contributed by atoms with Crippen LogP contribution in [-0.2, 0) is 4.79 Å². The molecule has 1 atom stereocenters. The standard InChI is InChI=1S/C14H21BrO/c1-10-5-7-14(6-4-8-15)11(10)9-12(16)13(14,2)3/h4-9H2,1-3H3. The topological polar surface area (TPSA) is 17.1 Å². The van der Waals surface area contributed by atoms with Gasteiger partial charge in [-0.05, 0) is 32.6 Å². The fourth-order valence-corrected chi connectivity index (χ4v) is 4.01. The van der Waals surface area contributed by atoms with Crippen LogP contribution >= 0.6 is 15.9 Å². The quantitative estimate of drug-likeness (QED) is 0.559. The van der Waals surface area contributed by atoms with E-state index in [0.717, 1.165) is 11.8 Å². The van der Waals surface area contributed by atoms with E-state index >= 15 is 0 Å². The largest absolute Gasteiger partial charge is 0.299 e. The Morgan fingerprint density at radius 2 is 2.06 bits per heavy atom. The van der Waals surface area contributed by atoms with Crippen LogP contribution in [0.5, 0.6) is 0 Å². The second kappa shape index (κ2) is 3.97. The number of carbonyl (C=O) groups is 1. The maximum absolute atomic E-state index is 12.2. The predicted octanol–water partition coefficient (Wildman–Crippen LogP) is 4.26. The van der Waals surface area contributed by atoms with Crippen molar-refractivity contribution >= 4 is 21.7 Å². The van der Waals surface area contributed by atoms with Gasteiger partial charge in [-0.15, -0.1) is 0 Å². The number of carbonyl (C=O) groups excluding carboxylic acids is 1. The Hall–Kier alpha value is -0.110. The number of allylic oxidation sites excluding steroid dienone is 2. The fourth-order valence-electron chi connectivity index (χ4n) is 3.73. The lowest BCUT2D eigenvalue weighted by molar-refractivity contribution is -0.128. The van der Waals surface area contributed by atoms with Crippen molar-refractivity contribution in [1.29, 1.82) is 0 Å². The number of halogens is 1. The molecule has 2 aliphatic carbocycles. The molecule has 0 aromatic carbocycles. The van der Waals surface area contributed by atoms with Gasteiger partial charge in [0, 0.05) is 22.6 Å². The van der Waals surface area contributed by atoms with Crippen molar-refractivity contribution in [3.8, 4) is 0 Å². The number of hydrogen-bond acceptors (Lipinski definition) is 1. The van der Waals surface area contributed by atoms with Crippen LogP contribution in [-0.4, -0.2) is 11.1 Å². The summed E-state index contributed by atoms with van der Waals surface area (Å²) in [5.41, 5.74) is 3.04. The average Bonchev–Trinajstić information content (AvgIpc) is 2.64. The highest BCUT2D eigenvalue weighted by Crippen LogP contribution is 2.63. The van der Waals surface area contributed by atoms with E-state index in [1.165, 1.54) is 36.8 Å². The highest BCUT2D eigenvalue weighted by atomic mass is 79.9. The molecule has 90 valence electrons. The van der Waals surface area contributed by atoms with Gasteiger partial charge in [0.15, 0.2) is 0 Å². The Morgan fingerprint density at radius 1 is 1.38 bits per heavy atom. The Balaban J connectivity index is 2.41. The Bertz CT molecular complexity index is 354. The van der Waals surface area contributed by atoms with Gasteiger partial charge in [0.05, 0.1) is 0 Å². The van der Waals surface area contributed by atoms with Crippen molar-refractivity contribution in [2.45, 2.75) is 52.9 Å². The van der Waals surface area contributed by atoms with Crippen LogP contribution in [0.4, 0.5) is 0 Å². The molecule has 0 bridgehead atoms. The first-order chi connectivity index (χ1) is 7.45. The van der Waals surface area contributed by atoms with Crippen LogP contribution in [0.25, 0.3) is 0 Å². The van der Waals surface area contributed by atoms with Crippen molar-refractivity contribution < 1.29 is 4.79 Å². The zero-order chi connectivity index (χ0) is 12.0. The summed E-state index contributed by atoms with van der Waals surface area (Å²) < 4.78 is 0. The van der Waals surface area contributed by atoms with Crippen molar-refractivity contribution in [3.63, 3.8) is 0 Å². The molecule has 2 rings (SSSR count). The molecule has 0 amide bonds. The van der Waals surface area contributed by atoms with Gasteiger partial charge < -0.3 is 0 Å². The molecule has 0 spiro atoms. The lowest BCUT2D eigenvalue weighted by Gasteiger charge is -2.39. The Morgan fingerprint density at radius 3 is 2.69 bits per heavy atom. The summed E-state index contributed by atoms with van der Waals surface area (Å²) >= 11 is 3.52. The van der Waals surface area contributed by atoms with E-state index in [2.05, 4.69) is 36.7 Å². The number of rotatable bonds is 3. The summed E-state index contributed by atoms with van der Waals surface area (Å²) in [6.45, 7) is 6.55. The molecule has 0 saturated heterocycles. The molecule has 2 heteroatoms. The van der Waals surface area contributed by atoms with Crippen LogP contribution in [0.2, 0.25) is 0 Å². The zero-order valence-corrected chi connectivity index (χ0v) is 12.1. The molecular weight excluding hydrogens is 264 g/mol. The van der Waals surface area contributed by atoms with Crippen LogP contribution < -0.4 is 0 Å². The van der Waals surface area contributed by atoms with E-state index in [-0.39, 0.29) is 10.8 Å². The third-order valence-electron chi connectivity index (χ3n) is 4.99. The second-order valence-corrected chi connectivity index (χ2v) is 6.65. The van der Waals surface area contributed by atoms with Crippen molar-refractivity contribution in [2.24, 2.45) is 10.8 Å². The molecule has 0 radical (unpaired) electrons. The third-order valence-corrected chi connectivity index (χ3v) is 5.55. The molecule has 2 aliphatic rings. The average molecular weight is 285 g/mol. The van der Waals surface area contributed by atoms with E-state index < -0.39 is 0 Å². The maximum atomic E-state index is 12.2. The maximum Gasteiger partial charge on any atom is 0.143 e. The minimum absolute atomic E-state index is 0.137. The van der Waals surface area contributed by atoms with Gasteiger partial charge >= 0.3 is 0 Å². The van der Waals surface area contributed by atoms with Crippen LogP contribution in [0.15, 0.2) is 11.1 Å². The Labute approximate surface area is 107 Å². The van der Waals surface area contributed by atoms with Gasteiger partial charge in [-0.1, -0.05) is 40.9 Å². The molecule has 1 unspecified atom stereocenters. The molecular formula is C14H21BrO. The van der Waals surface area contributed by atoms with E-state index in [9.17, 15) is 4.79 Å². The minimum Gasteiger partial charge on any atom is -0.299 e. The second-order valence-electron chi connectivity index (χ2n) is 5.86. The molecule has 0 aromatic heterocycles. The molecule has 1 nitrogen and oxygen atoms in total. The summed E-state index contributed by atoms with van der Waals surface area (Å²) in [5.74, 6) is 0.455. The summed E-state index contributed by atoms with van der Waals surface area (Å²) in [5, 5.41) is 1.05. The van der Waals surface area contributed by atoms with E-state index in [1.807, 2.05) is 0 Å². The smallest absolute Gasteiger partial charge is 0.143 e. The lowest BCUT2D eigenvalue weighted by Crippen LogP contribution is -2.36. The van der Waals surface area contributed by atoms with Crippen LogP contribution in [0.1, 0.15) is 52.9 Å². The SMILES string of the molecule is CC1=C2CC(=O)C(C)(C)C2(CCCBr)CC1. The molecule has 16 heavy (non-hydrogen) atoms. The van der Waals surface area contributed by atoms with Gasteiger partial charge in [-0.25, -0.2) is 0 Å². The molecule has 0 N–H and O–H groups in total. The monoisotopic (exact) mass is 284 g/mol. The fraction of sp³-hybridized carbons (Fsp3) is 0.786. The number of Topliss-reactive ketones (excluding diaryl/α,β-unsaturated/α-hetero) is 1. The first kappa shape index (κ1) is 12.3. The normalized spacial score (nSPS) is 32.4. The minimum atomic E-state index is -0.137. The first-order valence-corrected chi connectivity index (χ1v) is 7.36. The van der Waals surface area contributed by atoms with Crippen molar-refractivity contribution in [1.82, 2.24) is 0 Å². The molecule has 0 aromatic rings. The highest BCUT2D eigenvalue weighted by molar-refractivity contribution is 9.09.